The smallest absolute Gasteiger partial charge is 0.224 e. The number of amides is 1. The summed E-state index contributed by atoms with van der Waals surface area (Å²) in [5, 5.41) is 6.37. The minimum absolute atomic E-state index is 0. The van der Waals surface area contributed by atoms with Crippen LogP contribution in [0.15, 0.2) is 42.5 Å². The maximum atomic E-state index is 12.1. The van der Waals surface area contributed by atoms with Crippen LogP contribution in [0, 0.1) is 0 Å². The van der Waals surface area contributed by atoms with E-state index >= 15 is 0 Å². The summed E-state index contributed by atoms with van der Waals surface area (Å²) in [4.78, 5) is 12.1. The van der Waals surface area contributed by atoms with Crippen LogP contribution in [-0.2, 0) is 17.6 Å². The minimum Gasteiger partial charge on any atom is -0.497 e. The quantitative estimate of drug-likeness (QED) is 0.858. The average Bonchev–Trinajstić information content (AvgIpc) is 2.60. The molecule has 0 fully saturated rings. The van der Waals surface area contributed by atoms with Gasteiger partial charge >= 0.3 is 0 Å². The standard InChI is InChI=1S/C19H22N2O2.ClH/c1-23-17-8-4-14(5-9-17)6-11-19(22)21-16-7-10-18-15(13-16)3-2-12-20-18;/h4-5,7-10,13,20H,2-3,6,11-12H2,1H3,(H,21,22);1H. The monoisotopic (exact) mass is 346 g/mol. The molecule has 2 N–H and O–H groups in total. The number of aryl methyl sites for hydroxylation is 2. The fourth-order valence-electron chi connectivity index (χ4n) is 2.83. The zero-order chi connectivity index (χ0) is 16.1. The zero-order valence-electron chi connectivity index (χ0n) is 13.8. The molecule has 3 rings (SSSR count). The van der Waals surface area contributed by atoms with Crippen molar-refractivity contribution in [2.45, 2.75) is 25.7 Å². The highest BCUT2D eigenvalue weighted by molar-refractivity contribution is 5.91. The number of fused-ring (bicyclic) bond motifs is 1. The van der Waals surface area contributed by atoms with E-state index in [1.807, 2.05) is 36.4 Å². The van der Waals surface area contributed by atoms with Gasteiger partial charge < -0.3 is 15.4 Å². The molecular formula is C19H23ClN2O2. The Morgan fingerprint density at radius 3 is 2.75 bits per heavy atom. The molecule has 0 radical (unpaired) electrons. The van der Waals surface area contributed by atoms with Crippen molar-refractivity contribution in [1.29, 1.82) is 0 Å². The number of rotatable bonds is 5. The van der Waals surface area contributed by atoms with E-state index in [0.29, 0.717) is 6.42 Å². The van der Waals surface area contributed by atoms with Gasteiger partial charge in [0.2, 0.25) is 5.91 Å². The summed E-state index contributed by atoms with van der Waals surface area (Å²) in [7, 11) is 1.65. The van der Waals surface area contributed by atoms with Crippen molar-refractivity contribution in [2.24, 2.45) is 0 Å². The third-order valence-electron chi connectivity index (χ3n) is 4.13. The third-order valence-corrected chi connectivity index (χ3v) is 4.13. The summed E-state index contributed by atoms with van der Waals surface area (Å²) < 4.78 is 5.13. The fourth-order valence-corrected chi connectivity index (χ4v) is 2.83. The van der Waals surface area contributed by atoms with E-state index in [1.165, 1.54) is 11.3 Å². The number of carbonyl (C=O) groups excluding carboxylic acids is 1. The summed E-state index contributed by atoms with van der Waals surface area (Å²) in [5.74, 6) is 0.880. The number of ether oxygens (including phenoxy) is 1. The zero-order valence-corrected chi connectivity index (χ0v) is 14.6. The van der Waals surface area contributed by atoms with Crippen molar-refractivity contribution in [3.63, 3.8) is 0 Å². The van der Waals surface area contributed by atoms with Crippen LogP contribution in [-0.4, -0.2) is 19.6 Å². The largest absolute Gasteiger partial charge is 0.497 e. The summed E-state index contributed by atoms with van der Waals surface area (Å²) in [6, 6.07) is 13.9. The second kappa shape index (κ2) is 8.60. The molecule has 1 aliphatic rings. The molecular weight excluding hydrogens is 324 g/mol. The Morgan fingerprint density at radius 1 is 1.21 bits per heavy atom. The van der Waals surface area contributed by atoms with Crippen LogP contribution >= 0.6 is 12.4 Å². The Bertz CT molecular complexity index is 686. The second-order valence-corrected chi connectivity index (χ2v) is 5.80. The van der Waals surface area contributed by atoms with Crippen LogP contribution in [0.3, 0.4) is 0 Å². The Balaban J connectivity index is 0.00000208. The summed E-state index contributed by atoms with van der Waals surface area (Å²) in [5.41, 5.74) is 4.49. The number of nitrogens with one attached hydrogen (secondary N) is 2. The predicted octanol–water partition coefficient (Wildman–Crippen LogP) is 4.05. The van der Waals surface area contributed by atoms with E-state index in [9.17, 15) is 4.79 Å². The number of benzene rings is 2. The van der Waals surface area contributed by atoms with Gasteiger partial charge in [0.25, 0.3) is 0 Å². The van der Waals surface area contributed by atoms with E-state index in [1.54, 1.807) is 7.11 Å². The van der Waals surface area contributed by atoms with Gasteiger partial charge in [0.15, 0.2) is 0 Å². The van der Waals surface area contributed by atoms with E-state index in [-0.39, 0.29) is 18.3 Å². The second-order valence-electron chi connectivity index (χ2n) is 5.80. The molecule has 1 amide bonds. The van der Waals surface area contributed by atoms with Crippen molar-refractivity contribution < 1.29 is 9.53 Å². The van der Waals surface area contributed by atoms with E-state index in [0.717, 1.165) is 42.8 Å². The topological polar surface area (TPSA) is 50.4 Å². The molecule has 128 valence electrons. The van der Waals surface area contributed by atoms with E-state index in [2.05, 4.69) is 16.7 Å². The Kier molecular flexibility index (Phi) is 6.50. The minimum atomic E-state index is 0. The van der Waals surface area contributed by atoms with Crippen LogP contribution in [0.2, 0.25) is 0 Å². The lowest BCUT2D eigenvalue weighted by molar-refractivity contribution is -0.116. The number of hydrogen-bond acceptors (Lipinski definition) is 3. The lowest BCUT2D eigenvalue weighted by Gasteiger charge is -2.18. The molecule has 1 heterocycles. The van der Waals surface area contributed by atoms with Crippen LogP contribution in [0.25, 0.3) is 0 Å². The lowest BCUT2D eigenvalue weighted by Crippen LogP contribution is -2.15. The molecule has 0 aliphatic carbocycles. The maximum absolute atomic E-state index is 12.1. The third kappa shape index (κ3) is 4.65. The molecule has 2 aromatic rings. The highest BCUT2D eigenvalue weighted by Crippen LogP contribution is 2.25. The van der Waals surface area contributed by atoms with Gasteiger partial charge in [-0.25, -0.2) is 0 Å². The number of carbonyl (C=O) groups is 1. The van der Waals surface area contributed by atoms with Crippen LogP contribution in [0.1, 0.15) is 24.0 Å². The Hall–Kier alpha value is -2.20. The first kappa shape index (κ1) is 18.1. The van der Waals surface area contributed by atoms with Crippen molar-refractivity contribution in [3.05, 3.63) is 53.6 Å². The molecule has 0 bridgehead atoms. The molecule has 1 aliphatic heterocycles. The normalized spacial score (nSPS) is 12.4. The summed E-state index contributed by atoms with van der Waals surface area (Å²) >= 11 is 0. The summed E-state index contributed by atoms with van der Waals surface area (Å²) in [6.45, 7) is 1.03. The van der Waals surface area contributed by atoms with Gasteiger partial charge in [0.1, 0.15) is 5.75 Å². The molecule has 4 nitrogen and oxygen atoms in total. The maximum Gasteiger partial charge on any atom is 0.224 e. The van der Waals surface area contributed by atoms with Crippen LogP contribution in [0.4, 0.5) is 11.4 Å². The number of halogens is 1. The number of methoxy groups -OCH3 is 1. The van der Waals surface area contributed by atoms with Crippen LogP contribution in [0.5, 0.6) is 5.75 Å². The predicted molar refractivity (Wildman–Crippen MR) is 100 cm³/mol. The average molecular weight is 347 g/mol. The molecule has 0 aromatic heterocycles. The van der Waals surface area contributed by atoms with Crippen molar-refractivity contribution in [2.75, 3.05) is 24.3 Å². The molecule has 0 unspecified atom stereocenters. The SMILES string of the molecule is COc1ccc(CCC(=O)Nc2ccc3c(c2)CCCN3)cc1.Cl. The molecule has 5 heteroatoms. The molecule has 24 heavy (non-hydrogen) atoms. The molecule has 0 saturated heterocycles. The molecule has 0 saturated carbocycles. The highest BCUT2D eigenvalue weighted by Gasteiger charge is 2.10. The number of hydrogen-bond donors (Lipinski definition) is 2. The molecule has 0 spiro atoms. The van der Waals surface area contributed by atoms with Crippen molar-refractivity contribution in [1.82, 2.24) is 0 Å². The molecule has 0 atom stereocenters. The first-order valence-electron chi connectivity index (χ1n) is 8.04. The number of anilines is 2. The van der Waals surface area contributed by atoms with Crippen molar-refractivity contribution >= 4 is 29.7 Å². The fraction of sp³-hybridized carbons (Fsp3) is 0.316. The summed E-state index contributed by atoms with van der Waals surface area (Å²) in [6.07, 6.45) is 3.41. The van der Waals surface area contributed by atoms with E-state index in [4.69, 9.17) is 4.74 Å². The van der Waals surface area contributed by atoms with Gasteiger partial charge in [-0.05, 0) is 60.7 Å². The van der Waals surface area contributed by atoms with Gasteiger partial charge in [-0.1, -0.05) is 12.1 Å². The Morgan fingerprint density at radius 2 is 2.00 bits per heavy atom. The van der Waals surface area contributed by atoms with Gasteiger partial charge in [-0.15, -0.1) is 12.4 Å². The Labute approximate surface area is 149 Å². The molecule has 2 aromatic carbocycles. The van der Waals surface area contributed by atoms with Crippen LogP contribution < -0.4 is 15.4 Å². The van der Waals surface area contributed by atoms with Crippen molar-refractivity contribution in [3.8, 4) is 5.75 Å². The van der Waals surface area contributed by atoms with Gasteiger partial charge in [-0.3, -0.25) is 4.79 Å². The highest BCUT2D eigenvalue weighted by atomic mass is 35.5. The van der Waals surface area contributed by atoms with Gasteiger partial charge in [0, 0.05) is 24.3 Å². The van der Waals surface area contributed by atoms with Gasteiger partial charge in [-0.2, -0.15) is 0 Å². The van der Waals surface area contributed by atoms with E-state index < -0.39 is 0 Å². The van der Waals surface area contributed by atoms with Gasteiger partial charge in [0.05, 0.1) is 7.11 Å². The first-order valence-corrected chi connectivity index (χ1v) is 8.04. The lowest BCUT2D eigenvalue weighted by atomic mass is 10.0. The first-order chi connectivity index (χ1) is 11.2.